The van der Waals surface area contributed by atoms with Gasteiger partial charge in [-0.1, -0.05) is 12.5 Å². The second-order valence-corrected chi connectivity index (χ2v) is 4.19. The topological polar surface area (TPSA) is 44.1 Å². The molecule has 82 valence electrons. The Bertz CT molecular complexity index is 443. The number of nitrogens with zero attached hydrogens (tertiary/aromatic N) is 2. The molecule has 3 nitrogen and oxygen atoms in total. The number of rotatable bonds is 2. The highest BCUT2D eigenvalue weighted by atomic mass is 16.2. The summed E-state index contributed by atoms with van der Waals surface area (Å²) in [6.07, 6.45) is 3.16. The molecule has 0 heterocycles. The van der Waals surface area contributed by atoms with Crippen molar-refractivity contribution in [3.05, 3.63) is 29.8 Å². The van der Waals surface area contributed by atoms with E-state index < -0.39 is 0 Å². The van der Waals surface area contributed by atoms with E-state index in [0.717, 1.165) is 24.9 Å². The molecule has 0 atom stereocenters. The highest BCUT2D eigenvalue weighted by Gasteiger charge is 2.28. The van der Waals surface area contributed by atoms with Gasteiger partial charge in [0, 0.05) is 18.7 Å². The van der Waals surface area contributed by atoms with Gasteiger partial charge in [-0.3, -0.25) is 4.79 Å². The molecule has 1 aliphatic rings. The Morgan fingerprint density at radius 1 is 1.50 bits per heavy atom. The van der Waals surface area contributed by atoms with Gasteiger partial charge < -0.3 is 4.90 Å². The predicted octanol–water partition coefficient (Wildman–Crippen LogP) is 2.32. The summed E-state index contributed by atoms with van der Waals surface area (Å²) in [5.41, 5.74) is 1.39. The van der Waals surface area contributed by atoms with Gasteiger partial charge in [-0.2, -0.15) is 5.26 Å². The van der Waals surface area contributed by atoms with Gasteiger partial charge >= 0.3 is 0 Å². The van der Waals surface area contributed by atoms with E-state index in [0.29, 0.717) is 5.56 Å². The number of carbonyl (C=O) groups is 1. The molecule has 0 N–H and O–H groups in total. The molecule has 0 aromatic heterocycles. The Hall–Kier alpha value is -1.82. The van der Waals surface area contributed by atoms with E-state index in [-0.39, 0.29) is 11.8 Å². The molecule has 0 radical (unpaired) electrons. The van der Waals surface area contributed by atoms with Crippen molar-refractivity contribution in [3.8, 4) is 6.07 Å². The molecule has 0 spiro atoms. The molecule has 1 saturated carbocycles. The maximum Gasteiger partial charge on any atom is 0.229 e. The Morgan fingerprint density at radius 2 is 2.25 bits per heavy atom. The highest BCUT2D eigenvalue weighted by Crippen LogP contribution is 2.29. The van der Waals surface area contributed by atoms with Gasteiger partial charge in [0.15, 0.2) is 0 Å². The molecule has 0 bridgehead atoms. The molecule has 3 heteroatoms. The van der Waals surface area contributed by atoms with Crippen LogP contribution in [0.3, 0.4) is 0 Å². The number of hydrogen-bond acceptors (Lipinski definition) is 2. The van der Waals surface area contributed by atoms with Crippen LogP contribution in [0.1, 0.15) is 24.8 Å². The first-order valence-electron chi connectivity index (χ1n) is 5.50. The van der Waals surface area contributed by atoms with Crippen molar-refractivity contribution in [2.75, 3.05) is 11.9 Å². The van der Waals surface area contributed by atoms with Crippen LogP contribution in [0.15, 0.2) is 24.3 Å². The Kier molecular flexibility index (Phi) is 2.91. The fraction of sp³-hybridized carbons (Fsp3) is 0.385. The summed E-state index contributed by atoms with van der Waals surface area (Å²) in [5.74, 6) is 0.358. The average Bonchev–Trinajstić information content (AvgIpc) is 2.25. The summed E-state index contributed by atoms with van der Waals surface area (Å²) in [4.78, 5) is 13.6. The molecule has 1 aromatic rings. The van der Waals surface area contributed by atoms with E-state index in [1.807, 2.05) is 6.07 Å². The monoisotopic (exact) mass is 214 g/mol. The molecule has 1 aromatic carbocycles. The third-order valence-electron chi connectivity index (χ3n) is 3.15. The largest absolute Gasteiger partial charge is 0.315 e. The van der Waals surface area contributed by atoms with Crippen molar-refractivity contribution in [2.24, 2.45) is 5.92 Å². The number of nitriles is 1. The lowest BCUT2D eigenvalue weighted by Gasteiger charge is -2.29. The molecular formula is C13H14N2O. The second kappa shape index (κ2) is 4.36. The molecular weight excluding hydrogens is 200 g/mol. The molecule has 0 aliphatic heterocycles. The van der Waals surface area contributed by atoms with Crippen LogP contribution in [0.4, 0.5) is 5.69 Å². The molecule has 1 fully saturated rings. The van der Waals surface area contributed by atoms with Crippen LogP contribution in [0, 0.1) is 17.2 Å². The third-order valence-corrected chi connectivity index (χ3v) is 3.15. The van der Waals surface area contributed by atoms with E-state index >= 15 is 0 Å². The van der Waals surface area contributed by atoms with Crippen LogP contribution in [0.2, 0.25) is 0 Å². The summed E-state index contributed by atoms with van der Waals surface area (Å²) < 4.78 is 0. The number of hydrogen-bond donors (Lipinski definition) is 0. The first kappa shape index (κ1) is 10.7. The number of benzene rings is 1. The van der Waals surface area contributed by atoms with Crippen LogP contribution in [0.5, 0.6) is 0 Å². The standard InChI is InChI=1S/C13H14N2O/c1-15(13(16)11-5-3-6-11)12-7-2-4-10(8-12)9-14/h2,4,7-8,11H,3,5-6H2,1H3. The van der Waals surface area contributed by atoms with E-state index in [4.69, 9.17) is 5.26 Å². The second-order valence-electron chi connectivity index (χ2n) is 4.19. The minimum atomic E-state index is 0.168. The van der Waals surface area contributed by atoms with Crippen molar-refractivity contribution in [3.63, 3.8) is 0 Å². The zero-order chi connectivity index (χ0) is 11.5. The Labute approximate surface area is 95.3 Å². The van der Waals surface area contributed by atoms with E-state index in [1.54, 1.807) is 30.1 Å². The average molecular weight is 214 g/mol. The number of carbonyl (C=O) groups excluding carboxylic acids is 1. The van der Waals surface area contributed by atoms with Gasteiger partial charge in [0.1, 0.15) is 0 Å². The first-order chi connectivity index (χ1) is 7.72. The van der Waals surface area contributed by atoms with Crippen LogP contribution >= 0.6 is 0 Å². The number of anilines is 1. The van der Waals surface area contributed by atoms with Crippen LogP contribution in [-0.2, 0) is 4.79 Å². The quantitative estimate of drug-likeness (QED) is 0.758. The molecule has 0 saturated heterocycles. The zero-order valence-electron chi connectivity index (χ0n) is 9.31. The van der Waals surface area contributed by atoms with E-state index in [2.05, 4.69) is 6.07 Å². The fourth-order valence-electron chi connectivity index (χ4n) is 1.84. The Morgan fingerprint density at radius 3 is 2.81 bits per heavy atom. The number of amides is 1. The van der Waals surface area contributed by atoms with Gasteiger partial charge in [0.2, 0.25) is 5.91 Å². The van der Waals surface area contributed by atoms with Crippen molar-refractivity contribution >= 4 is 11.6 Å². The summed E-state index contributed by atoms with van der Waals surface area (Å²) in [5, 5.41) is 8.80. The van der Waals surface area contributed by atoms with Gasteiger partial charge in [-0.05, 0) is 31.0 Å². The van der Waals surface area contributed by atoms with Gasteiger partial charge in [0.05, 0.1) is 11.6 Å². The predicted molar refractivity (Wildman–Crippen MR) is 61.9 cm³/mol. The summed E-state index contributed by atoms with van der Waals surface area (Å²) in [6, 6.07) is 9.23. The maximum atomic E-state index is 12.0. The molecule has 1 amide bonds. The highest BCUT2D eigenvalue weighted by molar-refractivity contribution is 5.95. The van der Waals surface area contributed by atoms with Gasteiger partial charge in [-0.25, -0.2) is 0 Å². The third kappa shape index (κ3) is 1.92. The summed E-state index contributed by atoms with van der Waals surface area (Å²) >= 11 is 0. The molecule has 16 heavy (non-hydrogen) atoms. The van der Waals surface area contributed by atoms with Crippen LogP contribution in [0.25, 0.3) is 0 Å². The minimum Gasteiger partial charge on any atom is -0.315 e. The molecule has 2 rings (SSSR count). The van der Waals surface area contributed by atoms with Crippen molar-refractivity contribution in [1.82, 2.24) is 0 Å². The SMILES string of the molecule is CN(C(=O)C1CCC1)c1cccc(C#N)c1. The Balaban J connectivity index is 2.16. The minimum absolute atomic E-state index is 0.168. The van der Waals surface area contributed by atoms with E-state index in [9.17, 15) is 4.79 Å². The van der Waals surface area contributed by atoms with Crippen molar-refractivity contribution < 1.29 is 4.79 Å². The van der Waals surface area contributed by atoms with Gasteiger partial charge in [0.25, 0.3) is 0 Å². The summed E-state index contributed by atoms with van der Waals surface area (Å²) in [7, 11) is 1.77. The fourth-order valence-corrected chi connectivity index (χ4v) is 1.84. The lowest BCUT2D eigenvalue weighted by atomic mass is 9.84. The lowest BCUT2D eigenvalue weighted by Crippen LogP contribution is -2.36. The molecule has 0 unspecified atom stereocenters. The lowest BCUT2D eigenvalue weighted by molar-refractivity contribution is -0.124. The van der Waals surface area contributed by atoms with Crippen LogP contribution in [-0.4, -0.2) is 13.0 Å². The summed E-state index contributed by atoms with van der Waals surface area (Å²) in [6.45, 7) is 0. The first-order valence-corrected chi connectivity index (χ1v) is 5.50. The van der Waals surface area contributed by atoms with Crippen LogP contribution < -0.4 is 4.90 Å². The normalized spacial score (nSPS) is 15.0. The smallest absolute Gasteiger partial charge is 0.229 e. The maximum absolute atomic E-state index is 12.0. The van der Waals surface area contributed by atoms with Gasteiger partial charge in [-0.15, -0.1) is 0 Å². The zero-order valence-corrected chi connectivity index (χ0v) is 9.31. The molecule has 1 aliphatic carbocycles. The van der Waals surface area contributed by atoms with Crippen molar-refractivity contribution in [1.29, 1.82) is 5.26 Å². The van der Waals surface area contributed by atoms with E-state index in [1.165, 1.54) is 0 Å². The van der Waals surface area contributed by atoms with Crippen molar-refractivity contribution in [2.45, 2.75) is 19.3 Å².